The Balaban J connectivity index is 1.76. The average Bonchev–Trinajstić information content (AvgIpc) is 3.05. The number of thiocarbonyl (C=S) groups is 1. The molecule has 0 bridgehead atoms. The highest BCUT2D eigenvalue weighted by atomic mass is 35.5. The minimum absolute atomic E-state index is 0.131. The molecule has 0 radical (unpaired) electrons. The first-order valence-electron chi connectivity index (χ1n) is 7.45. The van der Waals surface area contributed by atoms with Crippen LogP contribution in [0.15, 0.2) is 75.0 Å². The zero-order valence-corrected chi connectivity index (χ0v) is 16.6. The summed E-state index contributed by atoms with van der Waals surface area (Å²) in [5.74, 6) is -0.131. The molecular weight excluding hydrogens is 392 g/mol. The van der Waals surface area contributed by atoms with Crippen molar-refractivity contribution in [1.82, 2.24) is 4.90 Å². The fourth-order valence-electron chi connectivity index (χ4n) is 2.38. The van der Waals surface area contributed by atoms with Crippen molar-refractivity contribution >= 4 is 63.3 Å². The van der Waals surface area contributed by atoms with Crippen LogP contribution in [0.2, 0.25) is 0 Å². The maximum Gasteiger partial charge on any atom is 0.266 e. The van der Waals surface area contributed by atoms with E-state index in [1.165, 1.54) is 27.2 Å². The number of allylic oxidation sites excluding steroid dienone is 4. The van der Waals surface area contributed by atoms with E-state index >= 15 is 0 Å². The van der Waals surface area contributed by atoms with Gasteiger partial charge in [-0.1, -0.05) is 65.6 Å². The zero-order chi connectivity index (χ0) is 18.0. The highest BCUT2D eigenvalue weighted by Crippen LogP contribution is 2.44. The van der Waals surface area contributed by atoms with Crippen LogP contribution in [0, 0.1) is 0 Å². The number of halogens is 1. The molecule has 0 unspecified atom stereocenters. The van der Waals surface area contributed by atoms with Crippen molar-refractivity contribution in [3.63, 3.8) is 0 Å². The normalized spacial score (nSPS) is 20.8. The lowest BCUT2D eigenvalue weighted by Gasteiger charge is -2.12. The van der Waals surface area contributed by atoms with Gasteiger partial charge in [0.15, 0.2) is 0 Å². The van der Waals surface area contributed by atoms with Crippen molar-refractivity contribution in [3.8, 4) is 0 Å². The van der Waals surface area contributed by atoms with Gasteiger partial charge in [0.1, 0.15) is 4.32 Å². The van der Waals surface area contributed by atoms with E-state index < -0.39 is 0 Å². The number of anilines is 1. The third-order valence-corrected chi connectivity index (χ3v) is 6.41. The number of fused-ring (bicyclic) bond motifs is 1. The SMILES string of the molecule is C=CCN1C(=O)\C(=C/C(Cl)=C/C=C2/Sc3ccccc3N2C)SC1=S. The molecule has 0 aliphatic carbocycles. The molecular formula is C18H15ClN2OS3. The summed E-state index contributed by atoms with van der Waals surface area (Å²) in [6.45, 7) is 4.05. The van der Waals surface area contributed by atoms with E-state index in [-0.39, 0.29) is 5.91 Å². The minimum Gasteiger partial charge on any atom is -0.338 e. The third kappa shape index (κ3) is 3.87. The van der Waals surface area contributed by atoms with Gasteiger partial charge in [0.2, 0.25) is 0 Å². The van der Waals surface area contributed by atoms with E-state index in [9.17, 15) is 4.79 Å². The molecule has 0 spiro atoms. The Morgan fingerprint density at radius 3 is 2.84 bits per heavy atom. The summed E-state index contributed by atoms with van der Waals surface area (Å²) in [7, 11) is 2.02. The Hall–Kier alpha value is -1.47. The molecule has 25 heavy (non-hydrogen) atoms. The molecule has 1 fully saturated rings. The Labute approximate surface area is 166 Å². The molecule has 1 amide bonds. The van der Waals surface area contributed by atoms with Crippen LogP contribution in [0.3, 0.4) is 0 Å². The van der Waals surface area contributed by atoms with E-state index in [1.54, 1.807) is 30.0 Å². The van der Waals surface area contributed by atoms with Crippen molar-refractivity contribution in [2.24, 2.45) is 0 Å². The molecule has 0 N–H and O–H groups in total. The molecule has 1 saturated heterocycles. The quantitative estimate of drug-likeness (QED) is 0.392. The number of thioether (sulfide) groups is 2. The summed E-state index contributed by atoms with van der Waals surface area (Å²) in [5.41, 5.74) is 1.17. The van der Waals surface area contributed by atoms with Crippen LogP contribution in [0.5, 0.6) is 0 Å². The number of amides is 1. The molecule has 3 rings (SSSR count). The lowest BCUT2D eigenvalue weighted by atomic mass is 10.3. The van der Waals surface area contributed by atoms with E-state index in [1.807, 2.05) is 25.3 Å². The van der Waals surface area contributed by atoms with Crippen molar-refractivity contribution in [3.05, 3.63) is 70.1 Å². The lowest BCUT2D eigenvalue weighted by Crippen LogP contribution is -2.27. The molecule has 128 valence electrons. The second kappa shape index (κ2) is 7.83. The molecule has 2 heterocycles. The van der Waals surface area contributed by atoms with E-state index in [0.717, 1.165) is 5.03 Å². The van der Waals surface area contributed by atoms with Gasteiger partial charge in [-0.15, -0.1) is 6.58 Å². The smallest absolute Gasteiger partial charge is 0.266 e. The van der Waals surface area contributed by atoms with Crippen LogP contribution >= 0.6 is 47.3 Å². The van der Waals surface area contributed by atoms with E-state index in [0.29, 0.717) is 20.8 Å². The van der Waals surface area contributed by atoms with E-state index in [4.69, 9.17) is 23.8 Å². The highest BCUT2D eigenvalue weighted by molar-refractivity contribution is 8.26. The fourth-order valence-corrected chi connectivity index (χ4v) is 4.93. The van der Waals surface area contributed by atoms with Gasteiger partial charge in [-0.3, -0.25) is 9.69 Å². The largest absolute Gasteiger partial charge is 0.338 e. The van der Waals surface area contributed by atoms with E-state index in [2.05, 4.69) is 23.6 Å². The summed E-state index contributed by atoms with van der Waals surface area (Å²) >= 11 is 14.5. The van der Waals surface area contributed by atoms with Gasteiger partial charge >= 0.3 is 0 Å². The molecule has 2 aliphatic rings. The Kier molecular flexibility index (Phi) is 5.74. The minimum atomic E-state index is -0.131. The first-order valence-corrected chi connectivity index (χ1v) is 9.87. The topological polar surface area (TPSA) is 23.6 Å². The fraction of sp³-hybridized carbons (Fsp3) is 0.111. The Bertz CT molecular complexity index is 844. The number of benzene rings is 1. The second-order valence-electron chi connectivity index (χ2n) is 5.27. The monoisotopic (exact) mass is 406 g/mol. The average molecular weight is 407 g/mol. The van der Waals surface area contributed by atoms with Crippen LogP contribution in [0.25, 0.3) is 0 Å². The van der Waals surface area contributed by atoms with Gasteiger partial charge in [-0.25, -0.2) is 0 Å². The summed E-state index contributed by atoms with van der Waals surface area (Å²) in [6.07, 6.45) is 7.06. The predicted molar refractivity (Wildman–Crippen MR) is 113 cm³/mol. The maximum atomic E-state index is 12.3. The van der Waals surface area contributed by atoms with Crippen LogP contribution < -0.4 is 4.90 Å². The number of hydrogen-bond acceptors (Lipinski definition) is 5. The Morgan fingerprint density at radius 2 is 2.12 bits per heavy atom. The van der Waals surface area contributed by atoms with Gasteiger partial charge in [0.25, 0.3) is 5.91 Å². The van der Waals surface area contributed by atoms with Crippen LogP contribution in [0.1, 0.15) is 0 Å². The predicted octanol–water partition coefficient (Wildman–Crippen LogP) is 5.12. The number of nitrogens with zero attached hydrogens (tertiary/aromatic N) is 2. The Morgan fingerprint density at radius 1 is 1.36 bits per heavy atom. The summed E-state index contributed by atoms with van der Waals surface area (Å²) in [4.78, 5) is 17.7. The van der Waals surface area contributed by atoms with Gasteiger partial charge < -0.3 is 4.90 Å². The number of carbonyl (C=O) groups is 1. The second-order valence-corrected chi connectivity index (χ2v) is 8.44. The summed E-state index contributed by atoms with van der Waals surface area (Å²) in [5, 5.41) is 1.56. The van der Waals surface area contributed by atoms with Crippen LogP contribution in [-0.4, -0.2) is 28.7 Å². The van der Waals surface area contributed by atoms with Crippen molar-refractivity contribution in [2.45, 2.75) is 4.90 Å². The van der Waals surface area contributed by atoms with Crippen molar-refractivity contribution < 1.29 is 4.79 Å². The standard InChI is InChI=1S/C18H15ClN2OS3/c1-3-10-21-17(22)15(25-18(21)23)11-12(19)8-9-16-20(2)13-6-4-5-7-14(13)24-16/h3-9,11H,1,10H2,2H3/b12-8-,15-11+,16-9+. The van der Waals surface area contributed by atoms with Crippen LogP contribution in [0.4, 0.5) is 5.69 Å². The molecule has 0 atom stereocenters. The molecule has 1 aromatic carbocycles. The number of rotatable bonds is 4. The number of carbonyl (C=O) groups excluding carboxylic acids is 1. The maximum absolute atomic E-state index is 12.3. The first-order chi connectivity index (χ1) is 12.0. The molecule has 3 nitrogen and oxygen atoms in total. The molecule has 2 aliphatic heterocycles. The molecule has 0 aromatic heterocycles. The molecule has 1 aromatic rings. The summed E-state index contributed by atoms with van der Waals surface area (Å²) in [6, 6.07) is 8.22. The number of hydrogen-bond donors (Lipinski definition) is 0. The molecule has 7 heteroatoms. The van der Waals surface area contributed by atoms with Gasteiger partial charge in [0, 0.05) is 23.5 Å². The lowest BCUT2D eigenvalue weighted by molar-refractivity contribution is -0.121. The number of para-hydroxylation sites is 1. The van der Waals surface area contributed by atoms with Crippen molar-refractivity contribution in [2.75, 3.05) is 18.5 Å². The third-order valence-electron chi connectivity index (χ3n) is 3.61. The molecule has 0 saturated carbocycles. The zero-order valence-electron chi connectivity index (χ0n) is 13.4. The van der Waals surface area contributed by atoms with Gasteiger partial charge in [-0.2, -0.15) is 0 Å². The van der Waals surface area contributed by atoms with Crippen molar-refractivity contribution in [1.29, 1.82) is 0 Å². The van der Waals surface area contributed by atoms with Gasteiger partial charge in [-0.05, 0) is 30.4 Å². The highest BCUT2D eigenvalue weighted by Gasteiger charge is 2.31. The summed E-state index contributed by atoms with van der Waals surface area (Å²) < 4.78 is 0.528. The van der Waals surface area contributed by atoms with Crippen LogP contribution in [-0.2, 0) is 4.79 Å². The van der Waals surface area contributed by atoms with Gasteiger partial charge in [0.05, 0.1) is 15.6 Å². The first kappa shape index (κ1) is 18.3.